The smallest absolute Gasteiger partial charge is 0.219 e. The van der Waals surface area contributed by atoms with E-state index in [1.807, 2.05) is 7.05 Å². The highest BCUT2D eigenvalue weighted by atomic mass is 19.1. The summed E-state index contributed by atoms with van der Waals surface area (Å²) in [6, 6.07) is 6.35. The van der Waals surface area contributed by atoms with E-state index in [2.05, 4.69) is 10.4 Å². The zero-order valence-corrected chi connectivity index (χ0v) is 9.52. The number of rotatable bonds is 4. The van der Waals surface area contributed by atoms with Crippen LogP contribution in [0.2, 0.25) is 0 Å². The van der Waals surface area contributed by atoms with Crippen molar-refractivity contribution in [1.29, 1.82) is 0 Å². The molecule has 0 bridgehead atoms. The summed E-state index contributed by atoms with van der Waals surface area (Å²) >= 11 is 0. The van der Waals surface area contributed by atoms with Gasteiger partial charge in [0.05, 0.1) is 11.9 Å². The molecule has 0 saturated heterocycles. The van der Waals surface area contributed by atoms with Crippen molar-refractivity contribution in [3.63, 3.8) is 0 Å². The van der Waals surface area contributed by atoms with Crippen molar-refractivity contribution < 1.29 is 9.50 Å². The molecule has 0 aliphatic heterocycles. The second kappa shape index (κ2) is 4.97. The van der Waals surface area contributed by atoms with E-state index >= 15 is 0 Å². The fourth-order valence-corrected chi connectivity index (χ4v) is 1.60. The standard InChI is InChI=1S/C12H14FN3O/c1-14-6-5-9-8-15-16(12(9)13)10-3-2-4-11(17)7-10/h2-4,7-8,14,17H,5-6H2,1H3. The van der Waals surface area contributed by atoms with Crippen LogP contribution in [0, 0.1) is 5.95 Å². The molecule has 0 radical (unpaired) electrons. The van der Waals surface area contributed by atoms with Crippen LogP contribution >= 0.6 is 0 Å². The Kier molecular flexibility index (Phi) is 3.39. The maximum absolute atomic E-state index is 14.0. The third kappa shape index (κ3) is 2.45. The quantitative estimate of drug-likeness (QED) is 0.844. The lowest BCUT2D eigenvalue weighted by atomic mass is 10.2. The number of aromatic hydroxyl groups is 1. The molecule has 0 aliphatic rings. The van der Waals surface area contributed by atoms with E-state index in [0.717, 1.165) is 0 Å². The van der Waals surface area contributed by atoms with Crippen LogP contribution in [0.25, 0.3) is 5.69 Å². The Bertz CT molecular complexity index is 510. The first-order chi connectivity index (χ1) is 8.22. The van der Waals surface area contributed by atoms with Crippen LogP contribution in [0.15, 0.2) is 30.5 Å². The fraction of sp³-hybridized carbons (Fsp3) is 0.250. The molecule has 2 N–H and O–H groups in total. The molecule has 0 fully saturated rings. The first-order valence-electron chi connectivity index (χ1n) is 5.39. The van der Waals surface area contributed by atoms with Gasteiger partial charge in [-0.3, -0.25) is 0 Å². The molecule has 90 valence electrons. The van der Waals surface area contributed by atoms with Crippen molar-refractivity contribution >= 4 is 0 Å². The molecule has 1 heterocycles. The second-order valence-electron chi connectivity index (χ2n) is 3.75. The van der Waals surface area contributed by atoms with Gasteiger partial charge in [-0.25, -0.2) is 4.68 Å². The molecule has 2 rings (SSSR count). The highest BCUT2D eigenvalue weighted by Gasteiger charge is 2.11. The average Bonchev–Trinajstić information content (AvgIpc) is 2.68. The van der Waals surface area contributed by atoms with Crippen LogP contribution in [-0.4, -0.2) is 28.5 Å². The number of nitrogens with one attached hydrogen (secondary N) is 1. The maximum Gasteiger partial charge on any atom is 0.219 e. The zero-order chi connectivity index (χ0) is 12.3. The van der Waals surface area contributed by atoms with Crippen LogP contribution in [0.5, 0.6) is 5.75 Å². The molecule has 1 aromatic heterocycles. The number of phenolic OH excluding ortho intramolecular Hbond substituents is 1. The van der Waals surface area contributed by atoms with Crippen LogP contribution in [0.1, 0.15) is 5.56 Å². The number of hydrogen-bond donors (Lipinski definition) is 2. The monoisotopic (exact) mass is 235 g/mol. The Morgan fingerprint density at radius 1 is 1.47 bits per heavy atom. The third-order valence-electron chi connectivity index (χ3n) is 2.50. The van der Waals surface area contributed by atoms with Crippen molar-refractivity contribution in [3.05, 3.63) is 42.0 Å². The van der Waals surface area contributed by atoms with E-state index in [9.17, 15) is 9.50 Å². The second-order valence-corrected chi connectivity index (χ2v) is 3.75. The van der Waals surface area contributed by atoms with Gasteiger partial charge in [0.25, 0.3) is 0 Å². The fourth-order valence-electron chi connectivity index (χ4n) is 1.60. The molecule has 0 unspecified atom stereocenters. The van der Waals surface area contributed by atoms with E-state index in [1.54, 1.807) is 12.1 Å². The molecule has 2 aromatic rings. The lowest BCUT2D eigenvalue weighted by Gasteiger charge is -2.03. The van der Waals surface area contributed by atoms with Gasteiger partial charge in [0.15, 0.2) is 0 Å². The number of phenols is 1. The number of nitrogens with zero attached hydrogens (tertiary/aromatic N) is 2. The Hall–Kier alpha value is -1.88. The van der Waals surface area contributed by atoms with E-state index in [4.69, 9.17) is 0 Å². The predicted octanol–water partition coefficient (Wildman–Crippen LogP) is 1.48. The van der Waals surface area contributed by atoms with Gasteiger partial charge >= 0.3 is 0 Å². The molecular weight excluding hydrogens is 221 g/mol. The number of benzene rings is 1. The van der Waals surface area contributed by atoms with Gasteiger partial charge in [-0.15, -0.1) is 0 Å². The van der Waals surface area contributed by atoms with Gasteiger partial charge < -0.3 is 10.4 Å². The largest absolute Gasteiger partial charge is 0.508 e. The van der Waals surface area contributed by atoms with Gasteiger partial charge in [-0.05, 0) is 32.1 Å². The predicted molar refractivity (Wildman–Crippen MR) is 62.8 cm³/mol. The molecule has 4 nitrogen and oxygen atoms in total. The summed E-state index contributed by atoms with van der Waals surface area (Å²) in [5.41, 5.74) is 1.07. The minimum atomic E-state index is -0.383. The number of hydrogen-bond acceptors (Lipinski definition) is 3. The molecular formula is C12H14FN3O. The molecule has 17 heavy (non-hydrogen) atoms. The maximum atomic E-state index is 14.0. The molecule has 0 spiro atoms. The van der Waals surface area contributed by atoms with Gasteiger partial charge in [0.2, 0.25) is 5.95 Å². The van der Waals surface area contributed by atoms with E-state index < -0.39 is 0 Å². The average molecular weight is 235 g/mol. The van der Waals surface area contributed by atoms with Gasteiger partial charge in [-0.2, -0.15) is 9.49 Å². The molecule has 0 saturated carbocycles. The lowest BCUT2D eigenvalue weighted by Crippen LogP contribution is -2.11. The Balaban J connectivity index is 2.30. The molecule has 0 aliphatic carbocycles. The first kappa shape index (κ1) is 11.6. The number of likely N-dealkylation sites (N-methyl/N-ethyl adjacent to an activating group) is 1. The summed E-state index contributed by atoms with van der Waals surface area (Å²) in [5, 5.41) is 16.3. The third-order valence-corrected chi connectivity index (χ3v) is 2.50. The van der Waals surface area contributed by atoms with Crippen LogP contribution < -0.4 is 5.32 Å². The van der Waals surface area contributed by atoms with Crippen molar-refractivity contribution in [1.82, 2.24) is 15.1 Å². The van der Waals surface area contributed by atoms with Crippen LogP contribution in [-0.2, 0) is 6.42 Å². The Labute approximate surface area is 98.7 Å². The van der Waals surface area contributed by atoms with Crippen LogP contribution in [0.4, 0.5) is 4.39 Å². The zero-order valence-electron chi connectivity index (χ0n) is 9.52. The van der Waals surface area contributed by atoms with Gasteiger partial charge in [0, 0.05) is 11.6 Å². The summed E-state index contributed by atoms with van der Waals surface area (Å²) in [6.45, 7) is 0.697. The minimum absolute atomic E-state index is 0.0918. The van der Waals surface area contributed by atoms with E-state index in [-0.39, 0.29) is 11.7 Å². The molecule has 5 heteroatoms. The number of aromatic nitrogens is 2. The Morgan fingerprint density at radius 3 is 3.00 bits per heavy atom. The molecule has 1 aromatic carbocycles. The summed E-state index contributed by atoms with van der Waals surface area (Å²) in [5.74, 6) is -0.292. The van der Waals surface area contributed by atoms with Crippen LogP contribution in [0.3, 0.4) is 0 Å². The van der Waals surface area contributed by atoms with Crippen molar-refractivity contribution in [2.24, 2.45) is 0 Å². The SMILES string of the molecule is CNCCc1cnn(-c2cccc(O)c2)c1F. The van der Waals surface area contributed by atoms with Crippen molar-refractivity contribution in [3.8, 4) is 11.4 Å². The normalized spacial score (nSPS) is 10.7. The lowest BCUT2D eigenvalue weighted by molar-refractivity contribution is 0.473. The topological polar surface area (TPSA) is 50.1 Å². The minimum Gasteiger partial charge on any atom is -0.508 e. The van der Waals surface area contributed by atoms with Gasteiger partial charge in [-0.1, -0.05) is 6.07 Å². The van der Waals surface area contributed by atoms with Gasteiger partial charge in [0.1, 0.15) is 5.75 Å². The number of halogens is 1. The molecule has 0 atom stereocenters. The van der Waals surface area contributed by atoms with E-state index in [0.29, 0.717) is 24.2 Å². The van der Waals surface area contributed by atoms with E-state index in [1.165, 1.54) is 23.0 Å². The summed E-state index contributed by atoms with van der Waals surface area (Å²) in [7, 11) is 1.82. The highest BCUT2D eigenvalue weighted by molar-refractivity contribution is 5.38. The molecule has 0 amide bonds. The summed E-state index contributed by atoms with van der Waals surface area (Å²) in [4.78, 5) is 0. The first-order valence-corrected chi connectivity index (χ1v) is 5.39. The summed E-state index contributed by atoms with van der Waals surface area (Å²) < 4.78 is 15.1. The summed E-state index contributed by atoms with van der Waals surface area (Å²) in [6.07, 6.45) is 2.10. The highest BCUT2D eigenvalue weighted by Crippen LogP contribution is 2.17. The Morgan fingerprint density at radius 2 is 2.29 bits per heavy atom. The van der Waals surface area contributed by atoms with Crippen molar-refractivity contribution in [2.75, 3.05) is 13.6 Å². The van der Waals surface area contributed by atoms with Crippen molar-refractivity contribution in [2.45, 2.75) is 6.42 Å².